The predicted molar refractivity (Wildman–Crippen MR) is 109 cm³/mol. The lowest BCUT2D eigenvalue weighted by atomic mass is 10.2. The Bertz CT molecular complexity index is 782. The van der Waals surface area contributed by atoms with Crippen molar-refractivity contribution in [3.8, 4) is 0 Å². The summed E-state index contributed by atoms with van der Waals surface area (Å²) in [5, 5.41) is 10.2. The zero-order chi connectivity index (χ0) is 19.8. The van der Waals surface area contributed by atoms with Crippen molar-refractivity contribution in [2.75, 3.05) is 38.0 Å². The molecule has 0 radical (unpaired) electrons. The van der Waals surface area contributed by atoms with Crippen molar-refractivity contribution in [2.45, 2.75) is 26.9 Å². The van der Waals surface area contributed by atoms with Gasteiger partial charge in [-0.2, -0.15) is 0 Å². The summed E-state index contributed by atoms with van der Waals surface area (Å²) in [6.45, 7) is 9.52. The first-order valence-corrected chi connectivity index (χ1v) is 9.65. The summed E-state index contributed by atoms with van der Waals surface area (Å²) in [6.07, 6.45) is 1.61. The number of nitrogens with zero attached hydrogens (tertiary/aromatic N) is 4. The Hall–Kier alpha value is -2.87. The molecule has 0 spiro atoms. The number of hydrogen-bond acceptors (Lipinski definition) is 5. The highest BCUT2D eigenvalue weighted by Crippen LogP contribution is 2.12. The Kier molecular flexibility index (Phi) is 7.02. The number of benzene rings is 1. The van der Waals surface area contributed by atoms with Crippen LogP contribution < -0.4 is 10.6 Å². The van der Waals surface area contributed by atoms with Gasteiger partial charge in [-0.05, 0) is 24.6 Å². The summed E-state index contributed by atoms with van der Waals surface area (Å²) in [7, 11) is 0. The fourth-order valence-corrected chi connectivity index (χ4v) is 3.21. The molecule has 0 unspecified atom stereocenters. The van der Waals surface area contributed by atoms with Crippen LogP contribution >= 0.6 is 0 Å². The number of carbonyl (C=O) groups is 1. The SMILES string of the molecule is CCNC(=NCc1cccc(NC(C)=O)c1)N1CCN(Cc2ccon2)CC1. The smallest absolute Gasteiger partial charge is 0.221 e. The van der Waals surface area contributed by atoms with E-state index in [1.807, 2.05) is 30.3 Å². The van der Waals surface area contributed by atoms with Crippen LogP contribution in [0.3, 0.4) is 0 Å². The van der Waals surface area contributed by atoms with Gasteiger partial charge in [-0.3, -0.25) is 9.69 Å². The molecule has 8 nitrogen and oxygen atoms in total. The summed E-state index contributed by atoms with van der Waals surface area (Å²) in [5.74, 6) is 0.853. The highest BCUT2D eigenvalue weighted by Gasteiger charge is 2.20. The fourth-order valence-electron chi connectivity index (χ4n) is 3.21. The molecule has 3 rings (SSSR count). The van der Waals surface area contributed by atoms with Gasteiger partial charge in [0.15, 0.2) is 5.96 Å². The third-order valence-corrected chi connectivity index (χ3v) is 4.54. The summed E-state index contributed by atoms with van der Waals surface area (Å²) in [5.41, 5.74) is 2.83. The largest absolute Gasteiger partial charge is 0.364 e. The van der Waals surface area contributed by atoms with E-state index in [1.165, 1.54) is 6.92 Å². The average Bonchev–Trinajstić information content (AvgIpc) is 3.19. The Morgan fingerprint density at radius 1 is 1.25 bits per heavy atom. The third-order valence-electron chi connectivity index (χ3n) is 4.54. The summed E-state index contributed by atoms with van der Waals surface area (Å²) >= 11 is 0. The van der Waals surface area contributed by atoms with Crippen LogP contribution in [-0.2, 0) is 17.9 Å². The number of amides is 1. The molecule has 8 heteroatoms. The van der Waals surface area contributed by atoms with E-state index in [0.29, 0.717) is 6.54 Å². The molecule has 28 heavy (non-hydrogen) atoms. The van der Waals surface area contributed by atoms with Crippen LogP contribution in [0, 0.1) is 0 Å². The van der Waals surface area contributed by atoms with Crippen LogP contribution in [-0.4, -0.2) is 59.5 Å². The number of hydrogen-bond donors (Lipinski definition) is 2. The van der Waals surface area contributed by atoms with E-state index in [-0.39, 0.29) is 5.91 Å². The van der Waals surface area contributed by atoms with E-state index in [4.69, 9.17) is 9.52 Å². The Morgan fingerprint density at radius 2 is 2.07 bits per heavy atom. The van der Waals surface area contributed by atoms with Gasteiger partial charge in [-0.1, -0.05) is 17.3 Å². The Labute approximate surface area is 165 Å². The number of rotatable bonds is 6. The van der Waals surface area contributed by atoms with Gasteiger partial charge in [0.05, 0.1) is 12.2 Å². The number of guanidine groups is 1. The zero-order valence-electron chi connectivity index (χ0n) is 16.5. The number of anilines is 1. The number of aliphatic imine (C=N–C) groups is 1. The van der Waals surface area contributed by atoms with E-state index in [1.54, 1.807) is 6.26 Å². The van der Waals surface area contributed by atoms with Gasteiger partial charge in [-0.25, -0.2) is 4.99 Å². The van der Waals surface area contributed by atoms with E-state index >= 15 is 0 Å². The molecule has 150 valence electrons. The molecule has 1 aliphatic rings. The number of piperazine rings is 1. The normalized spacial score (nSPS) is 15.5. The summed E-state index contributed by atoms with van der Waals surface area (Å²) < 4.78 is 4.91. The van der Waals surface area contributed by atoms with Gasteiger partial charge in [0.25, 0.3) is 0 Å². The molecule has 1 aromatic carbocycles. The highest BCUT2D eigenvalue weighted by atomic mass is 16.5. The first kappa shape index (κ1) is 19.9. The van der Waals surface area contributed by atoms with Gasteiger partial charge in [0, 0.05) is 57.9 Å². The second-order valence-electron chi connectivity index (χ2n) is 6.81. The van der Waals surface area contributed by atoms with Gasteiger partial charge in [-0.15, -0.1) is 0 Å². The van der Waals surface area contributed by atoms with Crippen molar-refractivity contribution in [1.82, 2.24) is 20.3 Å². The molecule has 0 aliphatic carbocycles. The minimum Gasteiger partial charge on any atom is -0.364 e. The second kappa shape index (κ2) is 9.89. The maximum absolute atomic E-state index is 11.2. The van der Waals surface area contributed by atoms with Crippen LogP contribution in [0.2, 0.25) is 0 Å². The third kappa shape index (κ3) is 5.82. The van der Waals surface area contributed by atoms with Gasteiger partial charge in [0.1, 0.15) is 6.26 Å². The predicted octanol–water partition coefficient (Wildman–Crippen LogP) is 1.92. The van der Waals surface area contributed by atoms with E-state index in [2.05, 4.69) is 32.5 Å². The number of aromatic nitrogens is 1. The van der Waals surface area contributed by atoms with Crippen LogP contribution in [0.4, 0.5) is 5.69 Å². The average molecular weight is 384 g/mol. The van der Waals surface area contributed by atoms with Crippen molar-refractivity contribution in [3.05, 3.63) is 47.9 Å². The second-order valence-corrected chi connectivity index (χ2v) is 6.81. The fraction of sp³-hybridized carbons (Fsp3) is 0.450. The van der Waals surface area contributed by atoms with Crippen LogP contribution in [0.25, 0.3) is 0 Å². The number of carbonyl (C=O) groups excluding carboxylic acids is 1. The Morgan fingerprint density at radius 3 is 2.75 bits per heavy atom. The molecule has 1 aliphatic heterocycles. The van der Waals surface area contributed by atoms with Crippen LogP contribution in [0.5, 0.6) is 0 Å². The monoisotopic (exact) mass is 384 g/mol. The van der Waals surface area contributed by atoms with E-state index in [0.717, 1.165) is 62.2 Å². The van der Waals surface area contributed by atoms with Crippen molar-refractivity contribution in [3.63, 3.8) is 0 Å². The molecule has 1 saturated heterocycles. The molecule has 0 saturated carbocycles. The lowest BCUT2D eigenvalue weighted by molar-refractivity contribution is -0.114. The highest BCUT2D eigenvalue weighted by molar-refractivity contribution is 5.88. The summed E-state index contributed by atoms with van der Waals surface area (Å²) in [4.78, 5) is 20.7. The molecule has 2 aromatic rings. The molecule has 1 fully saturated rings. The van der Waals surface area contributed by atoms with Crippen molar-refractivity contribution < 1.29 is 9.32 Å². The summed E-state index contributed by atoms with van der Waals surface area (Å²) in [6, 6.07) is 9.71. The van der Waals surface area contributed by atoms with Crippen molar-refractivity contribution in [1.29, 1.82) is 0 Å². The van der Waals surface area contributed by atoms with E-state index < -0.39 is 0 Å². The van der Waals surface area contributed by atoms with Crippen LogP contribution in [0.15, 0.2) is 46.1 Å². The number of nitrogens with one attached hydrogen (secondary N) is 2. The van der Waals surface area contributed by atoms with Gasteiger partial charge >= 0.3 is 0 Å². The Balaban J connectivity index is 1.58. The lowest BCUT2D eigenvalue weighted by Gasteiger charge is -2.36. The molecule has 2 N–H and O–H groups in total. The molecule has 2 heterocycles. The zero-order valence-corrected chi connectivity index (χ0v) is 16.5. The maximum atomic E-state index is 11.2. The van der Waals surface area contributed by atoms with Gasteiger partial charge < -0.3 is 20.1 Å². The molecule has 1 amide bonds. The molecule has 0 bridgehead atoms. The minimum atomic E-state index is -0.0718. The lowest BCUT2D eigenvalue weighted by Crippen LogP contribution is -2.52. The molecule has 0 atom stereocenters. The van der Waals surface area contributed by atoms with Gasteiger partial charge in [0.2, 0.25) is 5.91 Å². The molecular formula is C20H28N6O2. The minimum absolute atomic E-state index is 0.0718. The van der Waals surface area contributed by atoms with Crippen LogP contribution in [0.1, 0.15) is 25.1 Å². The maximum Gasteiger partial charge on any atom is 0.221 e. The topological polar surface area (TPSA) is 86.0 Å². The van der Waals surface area contributed by atoms with Crippen molar-refractivity contribution in [2.24, 2.45) is 4.99 Å². The van der Waals surface area contributed by atoms with E-state index in [9.17, 15) is 4.79 Å². The molecule has 1 aromatic heterocycles. The molecular weight excluding hydrogens is 356 g/mol. The standard InChI is InChI=1S/C20H28N6O2/c1-3-21-20(22-14-17-5-4-6-18(13-17)23-16(2)27)26-10-8-25(9-11-26)15-19-7-12-28-24-19/h4-7,12-13H,3,8-11,14-15H2,1-2H3,(H,21,22)(H,23,27). The van der Waals surface area contributed by atoms with Crippen molar-refractivity contribution >= 4 is 17.6 Å². The first-order valence-electron chi connectivity index (χ1n) is 9.65. The first-order chi connectivity index (χ1) is 13.6. The quantitative estimate of drug-likeness (QED) is 0.585.